The number of rotatable bonds is 5. The number of methoxy groups -OCH3 is 2. The molecule has 0 spiro atoms. The van der Waals surface area contributed by atoms with Crippen LogP contribution < -0.4 is 15.8 Å². The first-order valence-electron chi connectivity index (χ1n) is 6.37. The molecule has 5 heteroatoms. The highest BCUT2D eigenvalue weighted by atomic mass is 16.5. The van der Waals surface area contributed by atoms with Crippen LogP contribution in [-0.4, -0.2) is 32.3 Å². The molecule has 1 saturated carbocycles. The number of carbonyl (C=O) groups is 1. The summed E-state index contributed by atoms with van der Waals surface area (Å²) in [7, 11) is 3.25. The number of carbonyl (C=O) groups excluding carboxylic acids is 1. The normalized spacial score (nSPS) is 16.5. The number of amides is 1. The molecule has 2 rings (SSSR count). The Balaban J connectivity index is 2.00. The van der Waals surface area contributed by atoms with E-state index in [4.69, 9.17) is 15.2 Å². The average Bonchev–Trinajstić information content (AvgIpc) is 2.37. The van der Waals surface area contributed by atoms with Crippen molar-refractivity contribution in [3.05, 3.63) is 23.8 Å². The molecule has 1 aromatic rings. The summed E-state index contributed by atoms with van der Waals surface area (Å²) in [5.41, 5.74) is 6.54. The van der Waals surface area contributed by atoms with Crippen LogP contribution >= 0.6 is 0 Å². The molecule has 0 atom stereocenters. The molecule has 1 aliphatic rings. The van der Waals surface area contributed by atoms with Gasteiger partial charge < -0.3 is 20.5 Å². The molecule has 0 aliphatic heterocycles. The molecule has 104 valence electrons. The number of nitrogen functional groups attached to an aromatic ring is 1. The van der Waals surface area contributed by atoms with Crippen molar-refractivity contribution in [1.82, 2.24) is 5.32 Å². The highest BCUT2D eigenvalue weighted by molar-refractivity contribution is 5.99. The van der Waals surface area contributed by atoms with Gasteiger partial charge >= 0.3 is 0 Å². The predicted molar refractivity (Wildman–Crippen MR) is 73.3 cm³/mol. The lowest BCUT2D eigenvalue weighted by molar-refractivity contribution is -0.0679. The van der Waals surface area contributed by atoms with Crippen LogP contribution in [0.15, 0.2) is 18.2 Å². The Morgan fingerprint density at radius 3 is 2.63 bits per heavy atom. The number of nitrogens with two attached hydrogens (primary N) is 1. The highest BCUT2D eigenvalue weighted by Crippen LogP contribution is 2.34. The molecular formula is C14H20N2O3. The molecule has 1 fully saturated rings. The van der Waals surface area contributed by atoms with E-state index < -0.39 is 0 Å². The van der Waals surface area contributed by atoms with Gasteiger partial charge in [-0.15, -0.1) is 0 Å². The van der Waals surface area contributed by atoms with Crippen molar-refractivity contribution in [2.75, 3.05) is 26.5 Å². The summed E-state index contributed by atoms with van der Waals surface area (Å²) in [6.45, 7) is 0.522. The monoisotopic (exact) mass is 264 g/mol. The Labute approximate surface area is 113 Å². The van der Waals surface area contributed by atoms with Gasteiger partial charge in [0, 0.05) is 25.4 Å². The van der Waals surface area contributed by atoms with Crippen molar-refractivity contribution in [2.24, 2.45) is 0 Å². The van der Waals surface area contributed by atoms with Gasteiger partial charge in [0.1, 0.15) is 5.75 Å². The minimum Gasteiger partial charge on any atom is -0.497 e. The van der Waals surface area contributed by atoms with Gasteiger partial charge in [-0.2, -0.15) is 0 Å². The Morgan fingerprint density at radius 2 is 2.16 bits per heavy atom. The van der Waals surface area contributed by atoms with E-state index in [0.29, 0.717) is 23.5 Å². The second-order valence-corrected chi connectivity index (χ2v) is 4.88. The summed E-state index contributed by atoms with van der Waals surface area (Å²) in [6.07, 6.45) is 3.12. The van der Waals surface area contributed by atoms with Crippen LogP contribution in [0, 0.1) is 0 Å². The first-order valence-corrected chi connectivity index (χ1v) is 6.37. The van der Waals surface area contributed by atoms with E-state index in [0.717, 1.165) is 19.3 Å². The van der Waals surface area contributed by atoms with Gasteiger partial charge in [-0.25, -0.2) is 0 Å². The van der Waals surface area contributed by atoms with E-state index in [1.165, 1.54) is 0 Å². The second kappa shape index (κ2) is 5.48. The summed E-state index contributed by atoms with van der Waals surface area (Å²) in [6, 6.07) is 5.04. The molecule has 3 N–H and O–H groups in total. The van der Waals surface area contributed by atoms with E-state index in [2.05, 4.69) is 5.32 Å². The number of anilines is 1. The Kier molecular flexibility index (Phi) is 3.95. The van der Waals surface area contributed by atoms with Crippen LogP contribution in [0.4, 0.5) is 5.69 Å². The summed E-state index contributed by atoms with van der Waals surface area (Å²) in [5, 5.41) is 2.89. The third-order valence-electron chi connectivity index (χ3n) is 3.77. The van der Waals surface area contributed by atoms with Crippen LogP contribution in [-0.2, 0) is 4.74 Å². The van der Waals surface area contributed by atoms with Gasteiger partial charge in [0.05, 0.1) is 18.3 Å². The van der Waals surface area contributed by atoms with E-state index in [1.807, 2.05) is 0 Å². The highest BCUT2D eigenvalue weighted by Gasteiger charge is 2.37. The molecule has 0 bridgehead atoms. The van der Waals surface area contributed by atoms with Crippen LogP contribution in [0.2, 0.25) is 0 Å². The van der Waals surface area contributed by atoms with Gasteiger partial charge in [0.15, 0.2) is 0 Å². The fourth-order valence-electron chi connectivity index (χ4n) is 2.24. The predicted octanol–water partition coefficient (Wildman–Crippen LogP) is 1.58. The average molecular weight is 264 g/mol. The molecule has 19 heavy (non-hydrogen) atoms. The molecule has 0 saturated heterocycles. The van der Waals surface area contributed by atoms with Gasteiger partial charge in [-0.05, 0) is 31.4 Å². The van der Waals surface area contributed by atoms with Crippen molar-refractivity contribution >= 4 is 11.6 Å². The van der Waals surface area contributed by atoms with Crippen molar-refractivity contribution in [1.29, 1.82) is 0 Å². The number of nitrogens with one attached hydrogen (secondary N) is 1. The third-order valence-corrected chi connectivity index (χ3v) is 3.77. The number of ether oxygens (including phenoxy) is 2. The SMILES string of the molecule is COc1ccc(C(=O)NCC2(OC)CCC2)c(N)c1. The maximum Gasteiger partial charge on any atom is 0.253 e. The zero-order valence-electron chi connectivity index (χ0n) is 11.4. The molecule has 0 radical (unpaired) electrons. The summed E-state index contributed by atoms with van der Waals surface area (Å²) >= 11 is 0. The quantitative estimate of drug-likeness (QED) is 0.792. The second-order valence-electron chi connectivity index (χ2n) is 4.88. The fraction of sp³-hybridized carbons (Fsp3) is 0.500. The van der Waals surface area contributed by atoms with Crippen molar-refractivity contribution in [3.8, 4) is 5.75 Å². The maximum absolute atomic E-state index is 12.1. The number of hydrogen-bond donors (Lipinski definition) is 2. The lowest BCUT2D eigenvalue weighted by atomic mass is 9.80. The molecule has 1 aliphatic carbocycles. The first-order chi connectivity index (χ1) is 9.10. The summed E-state index contributed by atoms with van der Waals surface area (Å²) in [5.74, 6) is 0.463. The largest absolute Gasteiger partial charge is 0.497 e. The molecular weight excluding hydrogens is 244 g/mol. The number of benzene rings is 1. The van der Waals surface area contributed by atoms with Crippen LogP contribution in [0.25, 0.3) is 0 Å². The smallest absolute Gasteiger partial charge is 0.253 e. The third kappa shape index (κ3) is 2.81. The molecule has 0 heterocycles. The van der Waals surface area contributed by atoms with Crippen LogP contribution in [0.3, 0.4) is 0 Å². The maximum atomic E-state index is 12.1. The molecule has 1 amide bonds. The zero-order chi connectivity index (χ0) is 13.9. The van der Waals surface area contributed by atoms with E-state index in [9.17, 15) is 4.79 Å². The fourth-order valence-corrected chi connectivity index (χ4v) is 2.24. The lowest BCUT2D eigenvalue weighted by Crippen LogP contribution is -2.49. The number of hydrogen-bond acceptors (Lipinski definition) is 4. The van der Waals surface area contributed by atoms with E-state index in [1.54, 1.807) is 32.4 Å². The van der Waals surface area contributed by atoms with E-state index in [-0.39, 0.29) is 11.5 Å². The van der Waals surface area contributed by atoms with E-state index >= 15 is 0 Å². The van der Waals surface area contributed by atoms with Crippen LogP contribution in [0.1, 0.15) is 29.6 Å². The first kappa shape index (κ1) is 13.7. The van der Waals surface area contributed by atoms with Crippen molar-refractivity contribution in [2.45, 2.75) is 24.9 Å². The minimum atomic E-state index is -0.184. The lowest BCUT2D eigenvalue weighted by Gasteiger charge is -2.40. The van der Waals surface area contributed by atoms with Crippen molar-refractivity contribution < 1.29 is 14.3 Å². The molecule has 1 aromatic carbocycles. The van der Waals surface area contributed by atoms with Gasteiger partial charge in [-0.3, -0.25) is 4.79 Å². The zero-order valence-corrected chi connectivity index (χ0v) is 11.4. The van der Waals surface area contributed by atoms with Gasteiger partial charge in [0.25, 0.3) is 5.91 Å². The summed E-state index contributed by atoms with van der Waals surface area (Å²) in [4.78, 5) is 12.1. The van der Waals surface area contributed by atoms with Crippen LogP contribution in [0.5, 0.6) is 5.75 Å². The molecule has 0 aromatic heterocycles. The Bertz CT molecular complexity index is 464. The Hall–Kier alpha value is -1.75. The molecule has 0 unspecified atom stereocenters. The topological polar surface area (TPSA) is 73.6 Å². The van der Waals surface area contributed by atoms with Crippen molar-refractivity contribution in [3.63, 3.8) is 0 Å². The minimum absolute atomic E-state index is 0.177. The molecule has 5 nitrogen and oxygen atoms in total. The summed E-state index contributed by atoms with van der Waals surface area (Å²) < 4.78 is 10.5. The Morgan fingerprint density at radius 1 is 1.42 bits per heavy atom. The standard InChI is InChI=1S/C14H20N2O3/c1-18-10-4-5-11(12(15)8-10)13(17)16-9-14(19-2)6-3-7-14/h4-5,8H,3,6-7,9,15H2,1-2H3,(H,16,17). The van der Waals surface area contributed by atoms with Gasteiger partial charge in [-0.1, -0.05) is 0 Å². The van der Waals surface area contributed by atoms with Gasteiger partial charge in [0.2, 0.25) is 0 Å².